The molecule has 0 aromatic heterocycles. The van der Waals surface area contributed by atoms with E-state index in [-0.39, 0.29) is 11.2 Å². The average molecular weight is 133 g/mol. The van der Waals surface area contributed by atoms with E-state index in [1.54, 1.807) is 6.08 Å². The SMILES string of the molecule is C=CCC(Cl)C(C)=O. The Labute approximate surface area is 54.3 Å². The summed E-state index contributed by atoms with van der Waals surface area (Å²) in [6.45, 7) is 4.92. The molecular formula is C6H9ClO. The second-order valence-electron chi connectivity index (χ2n) is 1.60. The van der Waals surface area contributed by atoms with Crippen molar-refractivity contribution in [2.24, 2.45) is 0 Å². The predicted octanol–water partition coefficient (Wildman–Crippen LogP) is 1.76. The molecule has 1 nitrogen and oxygen atoms in total. The Balaban J connectivity index is 3.46. The Bertz CT molecular complexity index is 98.7. The van der Waals surface area contributed by atoms with Crippen molar-refractivity contribution >= 4 is 17.4 Å². The number of alkyl halides is 1. The average Bonchev–Trinajstić information content (AvgIpc) is 1.67. The Morgan fingerprint density at radius 3 is 2.62 bits per heavy atom. The van der Waals surface area contributed by atoms with Gasteiger partial charge in [0, 0.05) is 0 Å². The van der Waals surface area contributed by atoms with Gasteiger partial charge in [0.1, 0.15) is 5.78 Å². The van der Waals surface area contributed by atoms with Gasteiger partial charge in [0.05, 0.1) is 5.38 Å². The zero-order valence-electron chi connectivity index (χ0n) is 4.86. The number of carbonyl (C=O) groups is 1. The van der Waals surface area contributed by atoms with Gasteiger partial charge in [-0.2, -0.15) is 0 Å². The Morgan fingerprint density at radius 2 is 2.50 bits per heavy atom. The first-order chi connectivity index (χ1) is 3.68. The van der Waals surface area contributed by atoms with Crippen LogP contribution in [0.4, 0.5) is 0 Å². The number of Topliss-reactive ketones (excluding diaryl/α,β-unsaturated/α-hetero) is 1. The maximum atomic E-state index is 10.4. The zero-order valence-corrected chi connectivity index (χ0v) is 5.61. The van der Waals surface area contributed by atoms with Crippen molar-refractivity contribution in [3.05, 3.63) is 12.7 Å². The topological polar surface area (TPSA) is 17.1 Å². The molecular weight excluding hydrogens is 124 g/mol. The highest BCUT2D eigenvalue weighted by Crippen LogP contribution is 2.02. The monoisotopic (exact) mass is 132 g/mol. The van der Waals surface area contributed by atoms with E-state index < -0.39 is 0 Å². The summed E-state index contributed by atoms with van der Waals surface area (Å²) < 4.78 is 0. The van der Waals surface area contributed by atoms with Crippen LogP contribution in [-0.2, 0) is 4.79 Å². The lowest BCUT2D eigenvalue weighted by atomic mass is 10.2. The van der Waals surface area contributed by atoms with Crippen LogP contribution in [0.3, 0.4) is 0 Å². The summed E-state index contributed by atoms with van der Waals surface area (Å²) in [6.07, 6.45) is 2.20. The van der Waals surface area contributed by atoms with Crippen molar-refractivity contribution in [1.82, 2.24) is 0 Å². The number of halogens is 1. The number of allylic oxidation sites excluding steroid dienone is 1. The van der Waals surface area contributed by atoms with E-state index in [0.717, 1.165) is 0 Å². The molecule has 46 valence electrons. The largest absolute Gasteiger partial charge is 0.298 e. The summed E-state index contributed by atoms with van der Waals surface area (Å²) in [6, 6.07) is 0. The highest BCUT2D eigenvalue weighted by molar-refractivity contribution is 6.30. The van der Waals surface area contributed by atoms with Gasteiger partial charge in [-0.1, -0.05) is 6.08 Å². The molecule has 8 heavy (non-hydrogen) atoms. The number of hydrogen-bond donors (Lipinski definition) is 0. The minimum atomic E-state index is -0.368. The van der Waals surface area contributed by atoms with Crippen LogP contribution in [0.25, 0.3) is 0 Å². The molecule has 0 spiro atoms. The van der Waals surface area contributed by atoms with Gasteiger partial charge >= 0.3 is 0 Å². The summed E-state index contributed by atoms with van der Waals surface area (Å²) in [4.78, 5) is 10.4. The van der Waals surface area contributed by atoms with Crippen LogP contribution < -0.4 is 0 Å². The summed E-state index contributed by atoms with van der Waals surface area (Å²) in [5.74, 6) is 0.00608. The van der Waals surface area contributed by atoms with Gasteiger partial charge in [-0.05, 0) is 13.3 Å². The first-order valence-electron chi connectivity index (χ1n) is 2.44. The van der Waals surface area contributed by atoms with Crippen molar-refractivity contribution in [3.63, 3.8) is 0 Å². The van der Waals surface area contributed by atoms with Crippen LogP contribution in [0.15, 0.2) is 12.7 Å². The number of hydrogen-bond acceptors (Lipinski definition) is 1. The molecule has 0 rings (SSSR count). The lowest BCUT2D eigenvalue weighted by Gasteiger charge is -1.96. The van der Waals surface area contributed by atoms with Crippen molar-refractivity contribution in [2.75, 3.05) is 0 Å². The lowest BCUT2D eigenvalue weighted by Crippen LogP contribution is -2.07. The van der Waals surface area contributed by atoms with Gasteiger partial charge in [0.25, 0.3) is 0 Å². The highest BCUT2D eigenvalue weighted by Gasteiger charge is 2.05. The minimum Gasteiger partial charge on any atom is -0.298 e. The number of ketones is 1. The van der Waals surface area contributed by atoms with Crippen LogP contribution in [-0.4, -0.2) is 11.2 Å². The van der Waals surface area contributed by atoms with Crippen LogP contribution >= 0.6 is 11.6 Å². The van der Waals surface area contributed by atoms with Crippen molar-refractivity contribution < 1.29 is 4.79 Å². The van der Waals surface area contributed by atoms with Gasteiger partial charge in [-0.15, -0.1) is 18.2 Å². The summed E-state index contributed by atoms with van der Waals surface area (Å²) in [5, 5.41) is -0.368. The molecule has 1 unspecified atom stereocenters. The van der Waals surface area contributed by atoms with E-state index in [1.807, 2.05) is 0 Å². The van der Waals surface area contributed by atoms with E-state index >= 15 is 0 Å². The summed E-state index contributed by atoms with van der Waals surface area (Å²) in [5.41, 5.74) is 0. The third-order valence-corrected chi connectivity index (χ3v) is 1.30. The second kappa shape index (κ2) is 3.67. The fraction of sp³-hybridized carbons (Fsp3) is 0.500. The molecule has 0 saturated carbocycles. The zero-order chi connectivity index (χ0) is 6.57. The third kappa shape index (κ3) is 2.80. The first-order valence-corrected chi connectivity index (χ1v) is 2.87. The van der Waals surface area contributed by atoms with Crippen molar-refractivity contribution in [2.45, 2.75) is 18.7 Å². The van der Waals surface area contributed by atoms with E-state index in [1.165, 1.54) is 6.92 Å². The lowest BCUT2D eigenvalue weighted by molar-refractivity contribution is -0.116. The fourth-order valence-electron chi connectivity index (χ4n) is 0.312. The molecule has 0 aromatic rings. The van der Waals surface area contributed by atoms with E-state index in [0.29, 0.717) is 6.42 Å². The Morgan fingerprint density at radius 1 is 2.00 bits per heavy atom. The molecule has 0 radical (unpaired) electrons. The maximum absolute atomic E-state index is 10.4. The van der Waals surface area contributed by atoms with Gasteiger partial charge in [-0.3, -0.25) is 4.79 Å². The van der Waals surface area contributed by atoms with Gasteiger partial charge < -0.3 is 0 Å². The van der Waals surface area contributed by atoms with Crippen LogP contribution in [0, 0.1) is 0 Å². The highest BCUT2D eigenvalue weighted by atomic mass is 35.5. The molecule has 0 aliphatic heterocycles. The van der Waals surface area contributed by atoms with E-state index in [4.69, 9.17) is 11.6 Å². The fourth-order valence-corrected chi connectivity index (χ4v) is 0.438. The van der Waals surface area contributed by atoms with Crippen molar-refractivity contribution in [3.8, 4) is 0 Å². The molecule has 0 aliphatic carbocycles. The molecule has 0 amide bonds. The molecule has 0 aliphatic rings. The van der Waals surface area contributed by atoms with Gasteiger partial charge in [-0.25, -0.2) is 0 Å². The second-order valence-corrected chi connectivity index (χ2v) is 2.13. The van der Waals surface area contributed by atoms with Crippen LogP contribution in [0.1, 0.15) is 13.3 Å². The molecule has 0 N–H and O–H groups in total. The molecule has 1 atom stereocenters. The van der Waals surface area contributed by atoms with Crippen LogP contribution in [0.2, 0.25) is 0 Å². The van der Waals surface area contributed by atoms with Crippen LogP contribution in [0.5, 0.6) is 0 Å². The van der Waals surface area contributed by atoms with E-state index in [2.05, 4.69) is 6.58 Å². The Kier molecular flexibility index (Phi) is 3.53. The standard InChI is InChI=1S/C6H9ClO/c1-3-4-6(7)5(2)8/h3,6H,1,4H2,2H3. The number of rotatable bonds is 3. The molecule has 0 aromatic carbocycles. The molecule has 0 heterocycles. The van der Waals surface area contributed by atoms with Gasteiger partial charge in [0.2, 0.25) is 0 Å². The number of carbonyl (C=O) groups excluding carboxylic acids is 1. The normalized spacial score (nSPS) is 12.8. The molecule has 2 heteroatoms. The first kappa shape index (κ1) is 7.70. The molecule has 0 bridgehead atoms. The Hall–Kier alpha value is -0.300. The summed E-state index contributed by atoms with van der Waals surface area (Å²) >= 11 is 5.50. The predicted molar refractivity (Wildman–Crippen MR) is 35.1 cm³/mol. The van der Waals surface area contributed by atoms with Crippen molar-refractivity contribution in [1.29, 1.82) is 0 Å². The molecule has 0 fully saturated rings. The third-order valence-electron chi connectivity index (χ3n) is 0.815. The summed E-state index contributed by atoms with van der Waals surface area (Å²) in [7, 11) is 0. The minimum absolute atomic E-state index is 0.00608. The smallest absolute Gasteiger partial charge is 0.147 e. The van der Waals surface area contributed by atoms with E-state index in [9.17, 15) is 4.79 Å². The molecule has 0 saturated heterocycles. The quantitative estimate of drug-likeness (QED) is 0.423. The van der Waals surface area contributed by atoms with Gasteiger partial charge in [0.15, 0.2) is 0 Å². The maximum Gasteiger partial charge on any atom is 0.147 e.